The Labute approximate surface area is 113 Å². The molecule has 1 N–H and O–H groups in total. The van der Waals surface area contributed by atoms with Crippen molar-refractivity contribution < 1.29 is 5.11 Å². The molecule has 2 fully saturated rings. The highest BCUT2D eigenvalue weighted by Gasteiger charge is 2.31. The zero-order valence-electron chi connectivity index (χ0n) is 12.3. The fraction of sp³-hybridized carbons (Fsp3) is 1.00. The lowest BCUT2D eigenvalue weighted by molar-refractivity contribution is 0.0106. The fourth-order valence-electron chi connectivity index (χ4n) is 3.74. The summed E-state index contributed by atoms with van der Waals surface area (Å²) in [6.07, 6.45) is 11.1. The SMILES string of the molecule is CC(C)N1CCCC(O)(CCC2CCCC2)CC1. The third-order valence-electron chi connectivity index (χ3n) is 5.17. The largest absolute Gasteiger partial charge is 0.390 e. The highest BCUT2D eigenvalue weighted by molar-refractivity contribution is 4.85. The first-order valence-electron chi connectivity index (χ1n) is 8.05. The van der Waals surface area contributed by atoms with E-state index in [2.05, 4.69) is 18.7 Å². The molecule has 0 spiro atoms. The van der Waals surface area contributed by atoms with Crippen LogP contribution in [0.25, 0.3) is 0 Å². The van der Waals surface area contributed by atoms with Crippen LogP contribution in [-0.2, 0) is 0 Å². The average molecular weight is 253 g/mol. The molecule has 1 atom stereocenters. The normalized spacial score (nSPS) is 32.0. The number of rotatable bonds is 4. The molecule has 2 aliphatic rings. The minimum atomic E-state index is -0.355. The second-order valence-electron chi connectivity index (χ2n) is 6.90. The third kappa shape index (κ3) is 3.96. The van der Waals surface area contributed by atoms with E-state index < -0.39 is 0 Å². The van der Waals surface area contributed by atoms with Crippen LogP contribution >= 0.6 is 0 Å². The van der Waals surface area contributed by atoms with E-state index in [0.29, 0.717) is 6.04 Å². The summed E-state index contributed by atoms with van der Waals surface area (Å²) in [4.78, 5) is 2.52. The molecule has 1 saturated heterocycles. The summed E-state index contributed by atoms with van der Waals surface area (Å²) in [5.41, 5.74) is -0.355. The topological polar surface area (TPSA) is 23.5 Å². The van der Waals surface area contributed by atoms with E-state index in [1.54, 1.807) is 0 Å². The predicted molar refractivity (Wildman–Crippen MR) is 76.7 cm³/mol. The fourth-order valence-corrected chi connectivity index (χ4v) is 3.74. The van der Waals surface area contributed by atoms with Crippen LogP contribution < -0.4 is 0 Å². The summed E-state index contributed by atoms with van der Waals surface area (Å²) in [5.74, 6) is 0.915. The van der Waals surface area contributed by atoms with Gasteiger partial charge in [0.25, 0.3) is 0 Å². The first kappa shape index (κ1) is 14.3. The minimum absolute atomic E-state index is 0.355. The van der Waals surface area contributed by atoms with Crippen molar-refractivity contribution in [2.24, 2.45) is 5.92 Å². The minimum Gasteiger partial charge on any atom is -0.390 e. The van der Waals surface area contributed by atoms with Crippen LogP contribution in [0.5, 0.6) is 0 Å². The van der Waals surface area contributed by atoms with E-state index in [1.165, 1.54) is 45.1 Å². The van der Waals surface area contributed by atoms with E-state index in [1.807, 2.05) is 0 Å². The van der Waals surface area contributed by atoms with Crippen molar-refractivity contribution in [3.8, 4) is 0 Å². The van der Waals surface area contributed by atoms with Crippen molar-refractivity contribution in [1.29, 1.82) is 0 Å². The molecule has 2 heteroatoms. The third-order valence-corrected chi connectivity index (χ3v) is 5.17. The van der Waals surface area contributed by atoms with Gasteiger partial charge in [-0.2, -0.15) is 0 Å². The second-order valence-corrected chi connectivity index (χ2v) is 6.90. The van der Waals surface area contributed by atoms with Gasteiger partial charge in [-0.25, -0.2) is 0 Å². The molecule has 1 aliphatic heterocycles. The highest BCUT2D eigenvalue weighted by atomic mass is 16.3. The van der Waals surface area contributed by atoms with E-state index in [0.717, 1.165) is 31.7 Å². The van der Waals surface area contributed by atoms with Crippen molar-refractivity contribution >= 4 is 0 Å². The summed E-state index contributed by atoms with van der Waals surface area (Å²) >= 11 is 0. The monoisotopic (exact) mass is 253 g/mol. The molecule has 0 aromatic heterocycles. The van der Waals surface area contributed by atoms with E-state index in [9.17, 15) is 5.11 Å². The molecule has 18 heavy (non-hydrogen) atoms. The zero-order valence-corrected chi connectivity index (χ0v) is 12.3. The Bertz CT molecular complexity index is 247. The quantitative estimate of drug-likeness (QED) is 0.828. The Balaban J connectivity index is 1.78. The Morgan fingerprint density at radius 3 is 2.50 bits per heavy atom. The van der Waals surface area contributed by atoms with Crippen molar-refractivity contribution in [2.75, 3.05) is 13.1 Å². The summed E-state index contributed by atoms with van der Waals surface area (Å²) in [5, 5.41) is 10.8. The van der Waals surface area contributed by atoms with Crippen molar-refractivity contribution in [3.63, 3.8) is 0 Å². The number of hydrogen-bond donors (Lipinski definition) is 1. The van der Waals surface area contributed by atoms with Crippen LogP contribution in [0.15, 0.2) is 0 Å². The molecule has 0 amide bonds. The summed E-state index contributed by atoms with van der Waals surface area (Å²) in [6.45, 7) is 6.79. The summed E-state index contributed by atoms with van der Waals surface area (Å²) < 4.78 is 0. The van der Waals surface area contributed by atoms with Gasteiger partial charge in [-0.3, -0.25) is 0 Å². The summed E-state index contributed by atoms with van der Waals surface area (Å²) in [7, 11) is 0. The maximum absolute atomic E-state index is 10.8. The molecule has 1 heterocycles. The van der Waals surface area contributed by atoms with Gasteiger partial charge >= 0.3 is 0 Å². The first-order valence-corrected chi connectivity index (χ1v) is 8.05. The maximum Gasteiger partial charge on any atom is 0.0660 e. The Kier molecular flexibility index (Phi) is 5.08. The number of likely N-dealkylation sites (tertiary alicyclic amines) is 1. The average Bonchev–Trinajstić information content (AvgIpc) is 2.76. The van der Waals surface area contributed by atoms with Gasteiger partial charge in [-0.15, -0.1) is 0 Å². The Hall–Kier alpha value is -0.0800. The van der Waals surface area contributed by atoms with Gasteiger partial charge in [0.05, 0.1) is 5.60 Å². The maximum atomic E-state index is 10.8. The van der Waals surface area contributed by atoms with E-state index in [4.69, 9.17) is 0 Å². The lowest BCUT2D eigenvalue weighted by Gasteiger charge is -2.29. The molecule has 2 rings (SSSR count). The number of aliphatic hydroxyl groups is 1. The molecule has 0 radical (unpaired) electrons. The van der Waals surface area contributed by atoms with Crippen molar-refractivity contribution in [2.45, 2.75) is 83.3 Å². The predicted octanol–water partition coefficient (Wildman–Crippen LogP) is 3.58. The highest BCUT2D eigenvalue weighted by Crippen LogP contribution is 2.34. The van der Waals surface area contributed by atoms with Gasteiger partial charge in [-0.1, -0.05) is 25.7 Å². The molecule has 0 aromatic rings. The second kappa shape index (κ2) is 6.38. The van der Waals surface area contributed by atoms with Crippen molar-refractivity contribution in [1.82, 2.24) is 4.90 Å². The van der Waals surface area contributed by atoms with Crippen molar-refractivity contribution in [3.05, 3.63) is 0 Å². The van der Waals surface area contributed by atoms with Gasteiger partial charge in [0.1, 0.15) is 0 Å². The molecule has 1 unspecified atom stereocenters. The van der Waals surface area contributed by atoms with Gasteiger partial charge in [-0.05, 0) is 58.4 Å². The van der Waals surface area contributed by atoms with Gasteiger partial charge < -0.3 is 10.0 Å². The van der Waals surface area contributed by atoms with Crippen LogP contribution in [-0.4, -0.2) is 34.7 Å². The van der Waals surface area contributed by atoms with Crippen LogP contribution in [0.4, 0.5) is 0 Å². The van der Waals surface area contributed by atoms with Gasteiger partial charge in [0.15, 0.2) is 0 Å². The molecular weight excluding hydrogens is 222 g/mol. The molecule has 106 valence electrons. The van der Waals surface area contributed by atoms with Crippen LogP contribution in [0.3, 0.4) is 0 Å². The zero-order chi connectivity index (χ0) is 13.0. The Morgan fingerprint density at radius 1 is 1.11 bits per heavy atom. The first-order chi connectivity index (χ1) is 8.59. The lowest BCUT2D eigenvalue weighted by atomic mass is 9.86. The van der Waals surface area contributed by atoms with Crippen LogP contribution in [0.2, 0.25) is 0 Å². The van der Waals surface area contributed by atoms with Gasteiger partial charge in [0, 0.05) is 12.6 Å². The molecular formula is C16H31NO. The smallest absolute Gasteiger partial charge is 0.0660 e. The molecule has 1 saturated carbocycles. The number of nitrogens with zero attached hydrogens (tertiary/aromatic N) is 1. The van der Waals surface area contributed by atoms with E-state index >= 15 is 0 Å². The van der Waals surface area contributed by atoms with Crippen LogP contribution in [0.1, 0.15) is 71.6 Å². The molecule has 2 nitrogen and oxygen atoms in total. The summed E-state index contributed by atoms with van der Waals surface area (Å²) in [6, 6.07) is 0.627. The molecule has 1 aliphatic carbocycles. The van der Waals surface area contributed by atoms with Crippen LogP contribution in [0, 0.1) is 5.92 Å². The lowest BCUT2D eigenvalue weighted by Crippen LogP contribution is -2.34. The standard InChI is InChI=1S/C16H31NO/c1-14(2)17-12-5-9-16(18,11-13-17)10-8-15-6-3-4-7-15/h14-15,18H,3-13H2,1-2H3. The Morgan fingerprint density at radius 2 is 1.83 bits per heavy atom. The number of hydrogen-bond acceptors (Lipinski definition) is 2. The molecule has 0 aromatic carbocycles. The van der Waals surface area contributed by atoms with E-state index in [-0.39, 0.29) is 5.60 Å². The molecule has 0 bridgehead atoms. The van der Waals surface area contributed by atoms with Gasteiger partial charge in [0.2, 0.25) is 0 Å².